The molecule has 1 aliphatic heterocycles. The molecule has 0 saturated carbocycles. The minimum absolute atomic E-state index is 0.0576. The summed E-state index contributed by atoms with van der Waals surface area (Å²) in [6.45, 7) is 5.99. The summed E-state index contributed by atoms with van der Waals surface area (Å²) in [5, 5.41) is 3.57. The van der Waals surface area contributed by atoms with Gasteiger partial charge in [0.25, 0.3) is 11.8 Å². The monoisotopic (exact) mass is 559 g/mol. The zero-order chi connectivity index (χ0) is 28.9. The molecule has 0 unspecified atom stereocenters. The van der Waals surface area contributed by atoms with Crippen LogP contribution in [0.5, 0.6) is 0 Å². The Bertz CT molecular complexity index is 1370. The largest absolute Gasteiger partial charge is 0.350 e. The molecule has 7 nitrogen and oxygen atoms in total. The minimum Gasteiger partial charge on any atom is -0.350 e. The number of rotatable bonds is 10. The number of fused-ring (bicyclic) bond motifs is 1. The van der Waals surface area contributed by atoms with Gasteiger partial charge in [-0.05, 0) is 62.6 Å². The minimum atomic E-state index is -0.785. The molecule has 0 spiro atoms. The second-order valence-corrected chi connectivity index (χ2v) is 11.4. The van der Waals surface area contributed by atoms with Crippen molar-refractivity contribution in [1.82, 2.24) is 15.1 Å². The lowest BCUT2D eigenvalue weighted by molar-refractivity contribution is -0.142. The molecule has 4 amide bonds. The van der Waals surface area contributed by atoms with Crippen LogP contribution in [0.3, 0.4) is 0 Å². The molecule has 0 saturated heterocycles. The van der Waals surface area contributed by atoms with Crippen LogP contribution in [-0.4, -0.2) is 51.6 Å². The number of hydrogen-bond donors (Lipinski definition) is 1. The molecule has 1 N–H and O–H groups in total. The summed E-state index contributed by atoms with van der Waals surface area (Å²) in [5.41, 5.74) is 1.98. The summed E-state index contributed by atoms with van der Waals surface area (Å²) in [7, 11) is 0. The van der Waals surface area contributed by atoms with Gasteiger partial charge in [-0.3, -0.25) is 24.1 Å². The third kappa shape index (κ3) is 7.16. The lowest BCUT2D eigenvalue weighted by Crippen LogP contribution is -2.54. The van der Waals surface area contributed by atoms with Gasteiger partial charge in [0.15, 0.2) is 0 Å². The number of benzene rings is 3. The van der Waals surface area contributed by atoms with E-state index in [1.807, 2.05) is 63.2 Å². The highest BCUT2D eigenvalue weighted by atomic mass is 35.5. The zero-order valence-corrected chi connectivity index (χ0v) is 23.8. The zero-order valence-electron chi connectivity index (χ0n) is 23.0. The molecule has 0 aromatic heterocycles. The smallest absolute Gasteiger partial charge is 0.261 e. The quantitative estimate of drug-likeness (QED) is 0.343. The first-order valence-electron chi connectivity index (χ1n) is 13.4. The number of carbonyl (C=O) groups excluding carboxylic acids is 4. The van der Waals surface area contributed by atoms with E-state index in [-0.39, 0.29) is 49.6 Å². The second-order valence-electron chi connectivity index (χ2n) is 11.0. The molecule has 0 radical (unpaired) electrons. The van der Waals surface area contributed by atoms with E-state index in [1.165, 1.54) is 4.90 Å². The summed E-state index contributed by atoms with van der Waals surface area (Å²) in [6, 6.07) is 22.7. The molecule has 4 rings (SSSR count). The number of imide groups is 1. The maximum atomic E-state index is 13.8. The van der Waals surface area contributed by atoms with Gasteiger partial charge < -0.3 is 10.2 Å². The average Bonchev–Trinajstić information content (AvgIpc) is 3.15. The Balaban J connectivity index is 1.56. The number of carbonyl (C=O) groups is 4. The van der Waals surface area contributed by atoms with Crippen LogP contribution in [0.2, 0.25) is 5.02 Å². The highest BCUT2D eigenvalue weighted by Gasteiger charge is 2.36. The molecule has 0 aliphatic carbocycles. The molecule has 1 atom stereocenters. The van der Waals surface area contributed by atoms with E-state index in [1.54, 1.807) is 41.3 Å². The predicted octanol–water partition coefficient (Wildman–Crippen LogP) is 5.27. The fraction of sp³-hybridized carbons (Fsp3) is 0.312. The number of nitrogens with zero attached hydrogens (tertiary/aromatic N) is 2. The molecule has 3 aromatic carbocycles. The predicted molar refractivity (Wildman–Crippen MR) is 155 cm³/mol. The molecule has 1 heterocycles. The van der Waals surface area contributed by atoms with E-state index in [2.05, 4.69) is 5.32 Å². The Morgan fingerprint density at radius 2 is 1.48 bits per heavy atom. The van der Waals surface area contributed by atoms with Crippen molar-refractivity contribution in [1.29, 1.82) is 0 Å². The van der Waals surface area contributed by atoms with E-state index in [0.717, 1.165) is 11.1 Å². The van der Waals surface area contributed by atoms with Gasteiger partial charge in [-0.25, -0.2) is 0 Å². The van der Waals surface area contributed by atoms with E-state index in [9.17, 15) is 19.2 Å². The van der Waals surface area contributed by atoms with Gasteiger partial charge in [0, 0.05) is 36.5 Å². The van der Waals surface area contributed by atoms with E-state index < -0.39 is 11.6 Å². The molecule has 0 fully saturated rings. The maximum absolute atomic E-state index is 13.8. The van der Waals surface area contributed by atoms with Crippen molar-refractivity contribution in [2.75, 3.05) is 6.54 Å². The van der Waals surface area contributed by atoms with Crippen LogP contribution in [0.15, 0.2) is 78.9 Å². The first-order valence-corrected chi connectivity index (χ1v) is 13.8. The van der Waals surface area contributed by atoms with Crippen molar-refractivity contribution < 1.29 is 19.2 Å². The van der Waals surface area contributed by atoms with Crippen molar-refractivity contribution in [3.05, 3.63) is 106 Å². The molecular weight excluding hydrogens is 526 g/mol. The van der Waals surface area contributed by atoms with Crippen LogP contribution >= 0.6 is 11.6 Å². The molecule has 40 heavy (non-hydrogen) atoms. The van der Waals surface area contributed by atoms with Crippen LogP contribution in [-0.2, 0) is 22.6 Å². The fourth-order valence-corrected chi connectivity index (χ4v) is 5.03. The van der Waals surface area contributed by atoms with Crippen molar-refractivity contribution >= 4 is 35.2 Å². The van der Waals surface area contributed by atoms with Crippen molar-refractivity contribution in [2.24, 2.45) is 0 Å². The summed E-state index contributed by atoms with van der Waals surface area (Å²) in [4.78, 5) is 55.8. The number of halogens is 1. The average molecular weight is 560 g/mol. The van der Waals surface area contributed by atoms with E-state index >= 15 is 0 Å². The third-order valence-corrected chi connectivity index (χ3v) is 6.90. The van der Waals surface area contributed by atoms with Gasteiger partial charge in [-0.15, -0.1) is 0 Å². The molecular formula is C32H34ClN3O4. The lowest BCUT2D eigenvalue weighted by atomic mass is 10.00. The van der Waals surface area contributed by atoms with Crippen molar-refractivity contribution in [3.63, 3.8) is 0 Å². The number of amides is 4. The summed E-state index contributed by atoms with van der Waals surface area (Å²) < 4.78 is 0. The standard InChI is InChI=1S/C32H34ClN3O4/c1-32(2,3)34-29(38)27(20-22-11-5-4-6-12-22)36(21-23-13-9-14-24(33)19-23)28(37)17-10-18-35-30(39)25-15-7-8-16-26(25)31(35)40/h4-9,11-16,19,27H,10,17-18,20-21H2,1-3H3,(H,34,38)/t27-/m0/s1. The summed E-state index contributed by atoms with van der Waals surface area (Å²) in [6.07, 6.45) is 0.658. The van der Waals surface area contributed by atoms with Crippen LogP contribution in [0.25, 0.3) is 0 Å². The van der Waals surface area contributed by atoms with Gasteiger partial charge in [-0.2, -0.15) is 0 Å². The maximum Gasteiger partial charge on any atom is 0.261 e. The van der Waals surface area contributed by atoms with Crippen LogP contribution in [0.4, 0.5) is 0 Å². The fourth-order valence-electron chi connectivity index (χ4n) is 4.81. The van der Waals surface area contributed by atoms with Gasteiger partial charge in [-0.1, -0.05) is 66.2 Å². The first-order chi connectivity index (χ1) is 19.0. The van der Waals surface area contributed by atoms with Crippen LogP contribution in [0.1, 0.15) is 65.5 Å². The second kappa shape index (κ2) is 12.5. The SMILES string of the molecule is CC(C)(C)NC(=O)[C@H](Cc1ccccc1)N(Cc1cccc(Cl)c1)C(=O)CCCN1C(=O)c2ccccc2C1=O. The number of nitrogens with one attached hydrogen (secondary N) is 1. The Hall–Kier alpha value is -3.97. The first kappa shape index (κ1) is 29.0. The Morgan fingerprint density at radius 3 is 2.08 bits per heavy atom. The third-order valence-electron chi connectivity index (χ3n) is 6.66. The summed E-state index contributed by atoms with van der Waals surface area (Å²) in [5.74, 6) is -1.21. The molecule has 3 aromatic rings. The Kier molecular flexibility index (Phi) is 9.05. The Labute approximate surface area is 240 Å². The van der Waals surface area contributed by atoms with E-state index in [4.69, 9.17) is 11.6 Å². The topological polar surface area (TPSA) is 86.8 Å². The van der Waals surface area contributed by atoms with Crippen LogP contribution in [0, 0.1) is 0 Å². The highest BCUT2D eigenvalue weighted by Crippen LogP contribution is 2.24. The van der Waals surface area contributed by atoms with Gasteiger partial charge in [0.05, 0.1) is 11.1 Å². The van der Waals surface area contributed by atoms with Crippen molar-refractivity contribution in [2.45, 2.75) is 58.2 Å². The molecule has 208 valence electrons. The van der Waals surface area contributed by atoms with Gasteiger partial charge in [0.2, 0.25) is 11.8 Å². The van der Waals surface area contributed by atoms with Gasteiger partial charge in [0.1, 0.15) is 6.04 Å². The molecule has 0 bridgehead atoms. The van der Waals surface area contributed by atoms with Crippen molar-refractivity contribution in [3.8, 4) is 0 Å². The Morgan fingerprint density at radius 1 is 0.875 bits per heavy atom. The van der Waals surface area contributed by atoms with Crippen LogP contribution < -0.4 is 5.32 Å². The molecule has 8 heteroatoms. The molecule has 1 aliphatic rings. The highest BCUT2D eigenvalue weighted by molar-refractivity contribution is 6.30. The normalized spacial score (nSPS) is 13.7. The number of hydrogen-bond acceptors (Lipinski definition) is 4. The van der Waals surface area contributed by atoms with Gasteiger partial charge >= 0.3 is 0 Å². The summed E-state index contributed by atoms with van der Waals surface area (Å²) >= 11 is 6.24. The van der Waals surface area contributed by atoms with E-state index in [0.29, 0.717) is 22.6 Å². The lowest BCUT2D eigenvalue weighted by Gasteiger charge is -2.34.